The zero-order valence-electron chi connectivity index (χ0n) is 22.7. The van der Waals surface area contributed by atoms with Crippen LogP contribution in [0.1, 0.15) is 68.1 Å². The summed E-state index contributed by atoms with van der Waals surface area (Å²) in [5.41, 5.74) is 8.17. The summed E-state index contributed by atoms with van der Waals surface area (Å²) in [4.78, 5) is 25.0. The molecule has 8 heteroatoms. The van der Waals surface area contributed by atoms with Crippen molar-refractivity contribution in [3.8, 4) is 11.3 Å². The summed E-state index contributed by atoms with van der Waals surface area (Å²) in [5.74, 6) is 1.01. The number of likely N-dealkylation sites (tertiary alicyclic amines) is 2. The third kappa shape index (κ3) is 4.71. The molecule has 2 saturated heterocycles. The summed E-state index contributed by atoms with van der Waals surface area (Å²) < 4.78 is 1.86. The van der Waals surface area contributed by atoms with Gasteiger partial charge in [-0.05, 0) is 92.4 Å². The highest BCUT2D eigenvalue weighted by atomic mass is 16.3. The van der Waals surface area contributed by atoms with E-state index in [-0.39, 0.29) is 12.0 Å². The van der Waals surface area contributed by atoms with Gasteiger partial charge in [0, 0.05) is 35.8 Å². The van der Waals surface area contributed by atoms with Gasteiger partial charge in [0.2, 0.25) is 5.91 Å². The third-order valence-corrected chi connectivity index (χ3v) is 8.46. The lowest BCUT2D eigenvalue weighted by atomic mass is 9.87. The van der Waals surface area contributed by atoms with Crippen LogP contribution in [0.25, 0.3) is 27.8 Å². The van der Waals surface area contributed by atoms with Crippen LogP contribution < -0.4 is 0 Å². The fraction of sp³-hybridized carbons (Fsp3) is 0.500. The predicted molar refractivity (Wildman–Crippen MR) is 149 cm³/mol. The highest BCUT2D eigenvalue weighted by Crippen LogP contribution is 2.38. The first-order chi connectivity index (χ1) is 18.4. The molecule has 200 valence electrons. The zero-order valence-corrected chi connectivity index (χ0v) is 22.7. The number of aromatic amines is 1. The van der Waals surface area contributed by atoms with E-state index in [4.69, 9.17) is 0 Å². The molecular formula is C30H38N6O2. The Morgan fingerprint density at radius 3 is 2.74 bits per heavy atom. The molecule has 5 heterocycles. The Morgan fingerprint density at radius 2 is 1.97 bits per heavy atom. The molecule has 2 aliphatic heterocycles. The Balaban J connectivity index is 1.21. The number of nitrogens with zero attached hydrogens (tertiary/aromatic N) is 5. The maximum Gasteiger partial charge on any atom is 0.236 e. The molecule has 1 aromatic carbocycles. The van der Waals surface area contributed by atoms with Crippen LogP contribution in [0.4, 0.5) is 0 Å². The molecule has 3 aromatic heterocycles. The molecule has 0 unspecified atom stereocenters. The van der Waals surface area contributed by atoms with Crippen LogP contribution in [0.5, 0.6) is 0 Å². The van der Waals surface area contributed by atoms with Crippen molar-refractivity contribution in [2.75, 3.05) is 32.7 Å². The maximum atomic E-state index is 12.8. The number of hydrogen-bond donors (Lipinski definition) is 2. The number of pyridine rings is 1. The van der Waals surface area contributed by atoms with E-state index in [0.29, 0.717) is 24.9 Å². The lowest BCUT2D eigenvalue weighted by Gasteiger charge is -2.35. The van der Waals surface area contributed by atoms with Crippen molar-refractivity contribution in [2.24, 2.45) is 0 Å². The summed E-state index contributed by atoms with van der Waals surface area (Å²) in [6.07, 6.45) is 7.10. The average Bonchev–Trinajstić information content (AvgIpc) is 3.54. The smallest absolute Gasteiger partial charge is 0.236 e. The van der Waals surface area contributed by atoms with Crippen LogP contribution in [0.15, 0.2) is 36.8 Å². The van der Waals surface area contributed by atoms with Gasteiger partial charge >= 0.3 is 0 Å². The van der Waals surface area contributed by atoms with Crippen molar-refractivity contribution in [2.45, 2.75) is 64.4 Å². The second kappa shape index (κ2) is 10.2. The number of aryl methyl sites for hydroxylation is 1. The number of piperidine rings is 2. The lowest BCUT2D eigenvalue weighted by molar-refractivity contribution is -0.135. The quantitative estimate of drug-likeness (QED) is 0.410. The van der Waals surface area contributed by atoms with E-state index >= 15 is 0 Å². The van der Waals surface area contributed by atoms with Gasteiger partial charge in [0.25, 0.3) is 0 Å². The van der Waals surface area contributed by atoms with Gasteiger partial charge in [-0.2, -0.15) is 5.10 Å². The van der Waals surface area contributed by atoms with Crippen molar-refractivity contribution < 1.29 is 9.90 Å². The molecule has 0 bridgehead atoms. The molecule has 0 radical (unpaired) electrons. The number of aliphatic hydroxyl groups is 1. The zero-order chi connectivity index (χ0) is 26.4. The van der Waals surface area contributed by atoms with Gasteiger partial charge in [-0.3, -0.25) is 9.69 Å². The number of carbonyl (C=O) groups is 1. The fourth-order valence-corrected chi connectivity index (χ4v) is 6.44. The Morgan fingerprint density at radius 1 is 1.16 bits per heavy atom. The molecule has 0 aliphatic carbocycles. The number of rotatable bonds is 5. The van der Waals surface area contributed by atoms with E-state index in [2.05, 4.69) is 71.2 Å². The minimum atomic E-state index is -0.368. The Hall–Kier alpha value is -3.23. The number of fused-ring (bicyclic) bond motifs is 2. The number of aliphatic hydroxyl groups excluding tert-OH is 1. The number of amides is 1. The largest absolute Gasteiger partial charge is 0.391 e. The summed E-state index contributed by atoms with van der Waals surface area (Å²) in [5, 5.41) is 15.6. The van der Waals surface area contributed by atoms with Crippen LogP contribution in [-0.2, 0) is 4.79 Å². The molecule has 2 aliphatic rings. The fourth-order valence-electron chi connectivity index (χ4n) is 6.44. The number of hydrogen-bond acceptors (Lipinski definition) is 5. The molecule has 6 rings (SSSR count). The van der Waals surface area contributed by atoms with E-state index in [9.17, 15) is 9.90 Å². The van der Waals surface area contributed by atoms with Gasteiger partial charge in [-0.1, -0.05) is 19.9 Å². The van der Waals surface area contributed by atoms with Gasteiger partial charge < -0.3 is 15.0 Å². The summed E-state index contributed by atoms with van der Waals surface area (Å²) in [6.45, 7) is 10.2. The highest BCUT2D eigenvalue weighted by Gasteiger charge is 2.27. The summed E-state index contributed by atoms with van der Waals surface area (Å²) >= 11 is 0. The third-order valence-electron chi connectivity index (χ3n) is 8.46. The van der Waals surface area contributed by atoms with Gasteiger partial charge in [-0.25, -0.2) is 9.50 Å². The van der Waals surface area contributed by atoms with Crippen LogP contribution in [0, 0.1) is 6.92 Å². The topological polar surface area (TPSA) is 89.8 Å². The standard InChI is InChI=1S/C30H38N6O2/c1-19(2)28-25-14-22(21-8-11-34(12-9-21)17-27(38)35-10-4-5-24(37)16-35)6-7-26(25)33-29(28)23-13-20(3)30-31-18-32-36(30)15-23/h6-7,13-15,18-19,21,24,33,37H,4-5,8-12,16-17H2,1-3H3/t24-/m0/s1. The van der Waals surface area contributed by atoms with E-state index in [1.807, 2.05) is 9.42 Å². The van der Waals surface area contributed by atoms with Crippen molar-refractivity contribution in [1.29, 1.82) is 0 Å². The van der Waals surface area contributed by atoms with E-state index in [0.717, 1.165) is 73.3 Å². The lowest BCUT2D eigenvalue weighted by Crippen LogP contribution is -2.47. The van der Waals surface area contributed by atoms with Crippen LogP contribution in [0.3, 0.4) is 0 Å². The molecule has 0 saturated carbocycles. The van der Waals surface area contributed by atoms with Gasteiger partial charge in [0.15, 0.2) is 5.65 Å². The highest BCUT2D eigenvalue weighted by molar-refractivity contribution is 5.92. The Bertz CT molecular complexity index is 1460. The number of aromatic nitrogens is 4. The van der Waals surface area contributed by atoms with Gasteiger partial charge in [0.1, 0.15) is 6.33 Å². The van der Waals surface area contributed by atoms with Crippen LogP contribution in [0.2, 0.25) is 0 Å². The number of nitrogens with one attached hydrogen (secondary N) is 1. The molecule has 1 amide bonds. The molecule has 0 spiro atoms. The molecule has 4 aromatic rings. The van der Waals surface area contributed by atoms with E-state index < -0.39 is 0 Å². The first-order valence-electron chi connectivity index (χ1n) is 14.0. The molecule has 2 fully saturated rings. The first-order valence-corrected chi connectivity index (χ1v) is 14.0. The molecule has 38 heavy (non-hydrogen) atoms. The summed E-state index contributed by atoms with van der Waals surface area (Å²) in [6, 6.07) is 9.10. The van der Waals surface area contributed by atoms with Gasteiger partial charge in [0.05, 0.1) is 18.3 Å². The second-order valence-corrected chi connectivity index (χ2v) is 11.5. The Kier molecular flexibility index (Phi) is 6.70. The number of carbonyl (C=O) groups excluding carboxylic acids is 1. The minimum Gasteiger partial charge on any atom is -0.391 e. The SMILES string of the molecule is Cc1cc(-c2[nH]c3ccc(C4CCN(CC(=O)N5CCC[C@H](O)C5)CC4)cc3c2C(C)C)cn2ncnc12. The monoisotopic (exact) mass is 514 g/mol. The molecule has 2 N–H and O–H groups in total. The number of benzene rings is 1. The molecule has 1 atom stereocenters. The molecule has 8 nitrogen and oxygen atoms in total. The van der Waals surface area contributed by atoms with E-state index in [1.165, 1.54) is 16.5 Å². The number of H-pyrrole nitrogens is 1. The van der Waals surface area contributed by atoms with Crippen LogP contribution in [-0.4, -0.2) is 79.2 Å². The second-order valence-electron chi connectivity index (χ2n) is 11.5. The van der Waals surface area contributed by atoms with Gasteiger partial charge in [-0.15, -0.1) is 0 Å². The minimum absolute atomic E-state index is 0.157. The van der Waals surface area contributed by atoms with Crippen molar-refractivity contribution in [3.63, 3.8) is 0 Å². The molecular weight excluding hydrogens is 476 g/mol. The van der Waals surface area contributed by atoms with E-state index in [1.54, 1.807) is 6.33 Å². The Labute approximate surface area is 223 Å². The van der Waals surface area contributed by atoms with Crippen LogP contribution >= 0.6 is 0 Å². The van der Waals surface area contributed by atoms with Crippen molar-refractivity contribution >= 4 is 22.5 Å². The number of β-amino-alcohol motifs (C(OH)–C–C–N with tert-alkyl or cyclic N) is 1. The normalized spacial score (nSPS) is 19.7. The average molecular weight is 515 g/mol. The first kappa shape index (κ1) is 25.1. The van der Waals surface area contributed by atoms with Crippen molar-refractivity contribution in [3.05, 3.63) is 53.5 Å². The predicted octanol–water partition coefficient (Wildman–Crippen LogP) is 4.47. The summed E-state index contributed by atoms with van der Waals surface area (Å²) in [7, 11) is 0. The maximum absolute atomic E-state index is 12.8. The van der Waals surface area contributed by atoms with Crippen molar-refractivity contribution in [1.82, 2.24) is 29.4 Å².